The Hall–Kier alpha value is -2.51. The van der Waals surface area contributed by atoms with Gasteiger partial charge in [-0.25, -0.2) is 0 Å². The van der Waals surface area contributed by atoms with Gasteiger partial charge in [0.15, 0.2) is 5.82 Å². The molecule has 1 aliphatic rings. The first kappa shape index (κ1) is 20.8. The number of aryl methyl sites for hydroxylation is 2. The van der Waals surface area contributed by atoms with Crippen molar-refractivity contribution in [1.29, 1.82) is 0 Å². The molecule has 1 N–H and O–H groups in total. The van der Waals surface area contributed by atoms with Crippen molar-refractivity contribution in [1.82, 2.24) is 20.1 Å². The van der Waals surface area contributed by atoms with Crippen molar-refractivity contribution in [3.8, 4) is 5.00 Å². The molecule has 0 saturated heterocycles. The zero-order valence-electron chi connectivity index (χ0n) is 17.5. The molecule has 30 heavy (non-hydrogen) atoms. The van der Waals surface area contributed by atoms with Gasteiger partial charge in [-0.15, -0.1) is 21.5 Å². The highest BCUT2D eigenvalue weighted by atomic mass is 35.5. The van der Waals surface area contributed by atoms with E-state index in [2.05, 4.69) is 33.9 Å². The molecule has 0 radical (unpaired) electrons. The molecule has 1 aliphatic heterocycles. The molecular formula is C22H24ClN5OS. The fourth-order valence-electron chi connectivity index (χ4n) is 3.64. The number of carbonyl (C=O) groups excluding carboxylic acids is 1. The summed E-state index contributed by atoms with van der Waals surface area (Å²) in [4.78, 5) is 18.9. The van der Waals surface area contributed by atoms with Gasteiger partial charge < -0.3 is 5.32 Å². The third kappa shape index (κ3) is 3.68. The van der Waals surface area contributed by atoms with Gasteiger partial charge >= 0.3 is 0 Å². The van der Waals surface area contributed by atoms with Crippen LogP contribution in [0.3, 0.4) is 0 Å². The molecule has 2 aromatic heterocycles. The second-order valence-electron chi connectivity index (χ2n) is 7.46. The van der Waals surface area contributed by atoms with Crippen LogP contribution in [-0.2, 0) is 4.79 Å². The van der Waals surface area contributed by atoms with E-state index in [0.29, 0.717) is 17.4 Å². The maximum Gasteiger partial charge on any atom is 0.222 e. The van der Waals surface area contributed by atoms with Crippen molar-refractivity contribution in [2.45, 2.75) is 46.6 Å². The normalized spacial score (nSPS) is 15.2. The van der Waals surface area contributed by atoms with Crippen molar-refractivity contribution < 1.29 is 4.79 Å². The molecule has 3 aromatic rings. The van der Waals surface area contributed by atoms with Crippen molar-refractivity contribution >= 4 is 34.6 Å². The summed E-state index contributed by atoms with van der Waals surface area (Å²) in [5.74, 6) is 1.45. The van der Waals surface area contributed by atoms with E-state index >= 15 is 0 Å². The summed E-state index contributed by atoms with van der Waals surface area (Å²) in [6, 6.07) is 7.27. The van der Waals surface area contributed by atoms with Gasteiger partial charge in [0.25, 0.3) is 0 Å². The van der Waals surface area contributed by atoms with Gasteiger partial charge in [0, 0.05) is 27.6 Å². The van der Waals surface area contributed by atoms with Crippen LogP contribution >= 0.6 is 22.9 Å². The standard InChI is InChI=1S/C22H24ClN5OS/c1-5-10-24-18(29)11-17-21-27-26-14(4)28(21)22-19(12(2)13(3)30-22)20(25-17)15-6-8-16(23)9-7-15/h6-9,17H,5,10-11H2,1-4H3,(H,24,29)/t17-/m1/s1. The summed E-state index contributed by atoms with van der Waals surface area (Å²) >= 11 is 7.83. The SMILES string of the molecule is CCCNC(=O)C[C@H]1N=C(c2ccc(Cl)cc2)c2c(sc(C)c2C)-n2c(C)nnc21. The monoisotopic (exact) mass is 441 g/mol. The minimum absolute atomic E-state index is 0.0357. The van der Waals surface area contributed by atoms with Crippen LogP contribution in [0.15, 0.2) is 29.3 Å². The number of benzene rings is 1. The van der Waals surface area contributed by atoms with Crippen molar-refractivity contribution in [2.24, 2.45) is 4.99 Å². The van der Waals surface area contributed by atoms with E-state index in [0.717, 1.165) is 34.1 Å². The predicted molar refractivity (Wildman–Crippen MR) is 121 cm³/mol. The van der Waals surface area contributed by atoms with E-state index in [1.807, 2.05) is 38.1 Å². The number of thiophene rings is 1. The number of nitrogens with zero attached hydrogens (tertiary/aromatic N) is 4. The van der Waals surface area contributed by atoms with E-state index in [1.54, 1.807) is 11.3 Å². The number of carbonyl (C=O) groups is 1. The number of aromatic nitrogens is 3. The van der Waals surface area contributed by atoms with Gasteiger partial charge in [-0.2, -0.15) is 0 Å². The molecule has 0 bridgehead atoms. The van der Waals surface area contributed by atoms with Crippen LogP contribution in [0.4, 0.5) is 0 Å². The number of fused-ring (bicyclic) bond motifs is 3. The lowest BCUT2D eigenvalue weighted by Crippen LogP contribution is -2.26. The van der Waals surface area contributed by atoms with E-state index in [1.165, 1.54) is 10.4 Å². The fourth-order valence-corrected chi connectivity index (χ4v) is 4.98. The highest BCUT2D eigenvalue weighted by Gasteiger charge is 2.32. The maximum absolute atomic E-state index is 12.6. The second kappa shape index (κ2) is 8.32. The maximum atomic E-state index is 12.6. The predicted octanol–water partition coefficient (Wildman–Crippen LogP) is 4.72. The molecule has 6 nitrogen and oxygen atoms in total. The van der Waals surface area contributed by atoms with Crippen LogP contribution < -0.4 is 5.32 Å². The van der Waals surface area contributed by atoms with Gasteiger partial charge in [-0.05, 0) is 44.9 Å². The molecule has 0 fully saturated rings. The number of halogens is 1. The summed E-state index contributed by atoms with van der Waals surface area (Å²) in [6.07, 6.45) is 1.11. The van der Waals surface area contributed by atoms with Crippen LogP contribution in [0.25, 0.3) is 5.00 Å². The van der Waals surface area contributed by atoms with Crippen LogP contribution in [0.2, 0.25) is 5.02 Å². The number of nitrogens with one attached hydrogen (secondary N) is 1. The molecule has 1 atom stereocenters. The lowest BCUT2D eigenvalue weighted by Gasteiger charge is -2.13. The number of rotatable bonds is 5. The average Bonchev–Trinajstić information content (AvgIpc) is 3.19. The van der Waals surface area contributed by atoms with Gasteiger partial charge in [-0.3, -0.25) is 14.4 Å². The van der Waals surface area contributed by atoms with E-state index in [4.69, 9.17) is 16.6 Å². The Labute approximate surface area is 185 Å². The molecule has 3 heterocycles. The topological polar surface area (TPSA) is 72.2 Å². The second-order valence-corrected chi connectivity index (χ2v) is 9.10. The zero-order valence-corrected chi connectivity index (χ0v) is 19.1. The van der Waals surface area contributed by atoms with Crippen molar-refractivity contribution in [3.05, 3.63) is 62.5 Å². The van der Waals surface area contributed by atoms with E-state index in [-0.39, 0.29) is 12.3 Å². The highest BCUT2D eigenvalue weighted by molar-refractivity contribution is 7.15. The van der Waals surface area contributed by atoms with Crippen LogP contribution in [0.1, 0.15) is 59.0 Å². The van der Waals surface area contributed by atoms with Gasteiger partial charge in [-0.1, -0.05) is 30.7 Å². The van der Waals surface area contributed by atoms with Crippen LogP contribution in [0, 0.1) is 20.8 Å². The fraction of sp³-hybridized carbons (Fsp3) is 0.364. The van der Waals surface area contributed by atoms with Crippen molar-refractivity contribution in [3.63, 3.8) is 0 Å². The number of amides is 1. The Balaban J connectivity index is 1.91. The van der Waals surface area contributed by atoms with Gasteiger partial charge in [0.05, 0.1) is 12.1 Å². The Morgan fingerprint density at radius 1 is 1.20 bits per heavy atom. The lowest BCUT2D eigenvalue weighted by atomic mass is 9.99. The Bertz CT molecular complexity index is 1130. The third-order valence-corrected chi connectivity index (χ3v) is 6.75. The van der Waals surface area contributed by atoms with E-state index < -0.39 is 6.04 Å². The third-order valence-electron chi connectivity index (χ3n) is 5.31. The molecule has 0 saturated carbocycles. The summed E-state index contributed by atoms with van der Waals surface area (Å²) in [5.41, 5.74) is 4.08. The number of aliphatic imine (C=N–C) groups is 1. The summed E-state index contributed by atoms with van der Waals surface area (Å²) in [7, 11) is 0. The molecule has 4 rings (SSSR count). The first-order valence-corrected chi connectivity index (χ1v) is 11.2. The zero-order chi connectivity index (χ0) is 21.4. The Morgan fingerprint density at radius 3 is 2.63 bits per heavy atom. The number of hydrogen-bond donors (Lipinski definition) is 1. The average molecular weight is 442 g/mol. The minimum atomic E-state index is -0.423. The summed E-state index contributed by atoms with van der Waals surface area (Å²) in [6.45, 7) is 8.85. The molecule has 0 aliphatic carbocycles. The smallest absolute Gasteiger partial charge is 0.222 e. The molecule has 156 valence electrons. The lowest BCUT2D eigenvalue weighted by molar-refractivity contribution is -0.121. The van der Waals surface area contributed by atoms with E-state index in [9.17, 15) is 4.79 Å². The number of hydrogen-bond acceptors (Lipinski definition) is 5. The summed E-state index contributed by atoms with van der Waals surface area (Å²) < 4.78 is 2.06. The molecular weight excluding hydrogens is 418 g/mol. The Kier molecular flexibility index (Phi) is 5.75. The molecule has 1 amide bonds. The first-order chi connectivity index (χ1) is 14.4. The molecule has 8 heteroatoms. The van der Waals surface area contributed by atoms with Gasteiger partial charge in [0.2, 0.25) is 5.91 Å². The molecule has 1 aromatic carbocycles. The summed E-state index contributed by atoms with van der Waals surface area (Å²) in [5, 5.41) is 13.4. The quantitative estimate of drug-likeness (QED) is 0.622. The minimum Gasteiger partial charge on any atom is -0.356 e. The van der Waals surface area contributed by atoms with Crippen LogP contribution in [-0.4, -0.2) is 32.9 Å². The molecule has 0 unspecified atom stereocenters. The largest absolute Gasteiger partial charge is 0.356 e. The first-order valence-electron chi connectivity index (χ1n) is 10.0. The van der Waals surface area contributed by atoms with Crippen LogP contribution in [0.5, 0.6) is 0 Å². The van der Waals surface area contributed by atoms with Gasteiger partial charge in [0.1, 0.15) is 16.9 Å². The molecule has 0 spiro atoms. The Morgan fingerprint density at radius 2 is 1.93 bits per heavy atom. The van der Waals surface area contributed by atoms with Crippen molar-refractivity contribution in [2.75, 3.05) is 6.54 Å². The highest BCUT2D eigenvalue weighted by Crippen LogP contribution is 2.39.